The summed E-state index contributed by atoms with van der Waals surface area (Å²) in [5, 5.41) is 20.4. The van der Waals surface area contributed by atoms with Crippen LogP contribution in [0.3, 0.4) is 0 Å². The number of carbonyl (C=O) groups excluding carboxylic acids is 8. The van der Waals surface area contributed by atoms with Crippen molar-refractivity contribution in [1.82, 2.24) is 41.0 Å². The van der Waals surface area contributed by atoms with Gasteiger partial charge in [0.15, 0.2) is 0 Å². The average molecular weight is 1240 g/mol. The van der Waals surface area contributed by atoms with E-state index in [-0.39, 0.29) is 107 Å². The van der Waals surface area contributed by atoms with Gasteiger partial charge in [0.2, 0.25) is 41.4 Å². The lowest BCUT2D eigenvalue weighted by atomic mass is 9.89. The number of anilines is 1. The van der Waals surface area contributed by atoms with E-state index in [4.69, 9.17) is 28.9 Å². The molecular formula is C64H101N9O15. The van der Waals surface area contributed by atoms with Crippen molar-refractivity contribution >= 4 is 58.9 Å². The maximum atomic E-state index is 14.6. The van der Waals surface area contributed by atoms with E-state index in [9.17, 15) is 43.2 Å². The first-order valence-corrected chi connectivity index (χ1v) is 31.2. The second-order valence-corrected chi connectivity index (χ2v) is 23.7. The molecule has 0 aromatic heterocycles. The molecule has 2 aliphatic rings. The second-order valence-electron chi connectivity index (χ2n) is 23.7. The highest BCUT2D eigenvalue weighted by Crippen LogP contribution is 2.30. The molecule has 88 heavy (non-hydrogen) atoms. The zero-order valence-corrected chi connectivity index (χ0v) is 53.8. The molecule has 2 saturated heterocycles. The van der Waals surface area contributed by atoms with Crippen LogP contribution >= 0.6 is 0 Å². The molecule has 2 aliphatic heterocycles. The number of benzene rings is 2. The summed E-state index contributed by atoms with van der Waals surface area (Å²) in [6.45, 7) is 15.5. The third kappa shape index (κ3) is 23.8. The monoisotopic (exact) mass is 1240 g/mol. The number of methoxy groups -OCH3 is 2. The molecule has 492 valence electrons. The van der Waals surface area contributed by atoms with Crippen LogP contribution in [0.5, 0.6) is 0 Å². The maximum absolute atomic E-state index is 14.6. The predicted molar refractivity (Wildman–Crippen MR) is 331 cm³/mol. The van der Waals surface area contributed by atoms with Crippen molar-refractivity contribution < 1.29 is 72.0 Å². The highest BCUT2D eigenvalue weighted by molar-refractivity contribution is 5.97. The fourth-order valence-electron chi connectivity index (χ4n) is 11.4. The quantitative estimate of drug-likeness (QED) is 0.0401. The van der Waals surface area contributed by atoms with E-state index in [0.29, 0.717) is 69.5 Å². The van der Waals surface area contributed by atoms with Gasteiger partial charge in [0.25, 0.3) is 5.91 Å². The Balaban J connectivity index is 1.28. The van der Waals surface area contributed by atoms with E-state index in [1.54, 1.807) is 59.9 Å². The second kappa shape index (κ2) is 38.8. The van der Waals surface area contributed by atoms with Crippen LogP contribution in [0.2, 0.25) is 0 Å². The molecule has 8 amide bonds. The Bertz CT molecular complexity index is 2510. The minimum Gasteiger partial charge on any atom is -0.481 e. The van der Waals surface area contributed by atoms with Gasteiger partial charge in [-0.2, -0.15) is 0 Å². The summed E-state index contributed by atoms with van der Waals surface area (Å²) < 4.78 is 23.2. The summed E-state index contributed by atoms with van der Waals surface area (Å²) in [4.78, 5) is 132. The number of nitrogens with zero attached hydrogens (tertiary/aromatic N) is 4. The molecule has 0 spiro atoms. The zero-order valence-electron chi connectivity index (χ0n) is 53.8. The average Bonchev–Trinajstić information content (AvgIpc) is 4.01. The van der Waals surface area contributed by atoms with Gasteiger partial charge in [0.05, 0.1) is 94.6 Å². The number of carbonyl (C=O) groups is 9. The van der Waals surface area contributed by atoms with Crippen LogP contribution in [0.4, 0.5) is 5.69 Å². The van der Waals surface area contributed by atoms with Crippen molar-refractivity contribution in [3.05, 3.63) is 65.7 Å². The Morgan fingerprint density at radius 3 is 1.98 bits per heavy atom. The van der Waals surface area contributed by atoms with Crippen LogP contribution in [0, 0.1) is 23.7 Å². The standard InChI is InChI=1S/C64H101N9O15/c1-12-14-30-73(56(77)40-65-63(81)57(42(3)4)70(8)9)58(43(5)13-2)52(84-10)39-55(76)72-31-18-21-51(72)59(85-11)44(6)60(78)68-50(38-46-19-16-15-17-20-46)62(80)69-88-41-47-22-24-49(25-23-47)67-61(79)45(7)66-53(74)28-34-86-36-37-87-35-29-54(75)71-32-26-48(27-33-71)64(82)83/h15-17,19-20,22-25,42-45,48,50-52,57-59H,12-14,18,21,26-41H2,1-11H3,(H,65,81)(H,66,74)(H,67,79)(H,68,78)(H,69,80)(H,82,83). The van der Waals surface area contributed by atoms with E-state index >= 15 is 0 Å². The number of hydrogen-bond acceptors (Lipinski definition) is 15. The number of likely N-dealkylation sites (tertiary alicyclic amines) is 2. The van der Waals surface area contributed by atoms with Crippen molar-refractivity contribution in [2.24, 2.45) is 23.7 Å². The molecule has 0 radical (unpaired) electrons. The molecule has 0 saturated carbocycles. The third-order valence-corrected chi connectivity index (χ3v) is 16.6. The zero-order chi connectivity index (χ0) is 64.9. The van der Waals surface area contributed by atoms with Gasteiger partial charge in [0, 0.05) is 58.9 Å². The highest BCUT2D eigenvalue weighted by Gasteiger charge is 2.43. The topological polar surface area (TPSA) is 293 Å². The molecule has 9 atom stereocenters. The summed E-state index contributed by atoms with van der Waals surface area (Å²) >= 11 is 0. The normalized spacial score (nSPS) is 17.2. The summed E-state index contributed by atoms with van der Waals surface area (Å²) in [6, 6.07) is 12.6. The number of carboxylic acids is 1. The van der Waals surface area contributed by atoms with Gasteiger partial charge in [-0.1, -0.05) is 96.8 Å². The van der Waals surface area contributed by atoms with Crippen molar-refractivity contribution in [2.75, 3.05) is 92.8 Å². The highest BCUT2D eigenvalue weighted by atomic mass is 16.7. The van der Waals surface area contributed by atoms with Crippen LogP contribution in [0.15, 0.2) is 54.6 Å². The Kier molecular flexibility index (Phi) is 32.5. The first kappa shape index (κ1) is 73.9. The fourth-order valence-corrected chi connectivity index (χ4v) is 11.4. The molecule has 2 aromatic carbocycles. The molecule has 2 aromatic rings. The van der Waals surface area contributed by atoms with Gasteiger partial charge >= 0.3 is 5.97 Å². The third-order valence-electron chi connectivity index (χ3n) is 16.6. The number of aliphatic carboxylic acids is 1. The number of amides is 8. The maximum Gasteiger partial charge on any atom is 0.306 e. The lowest BCUT2D eigenvalue weighted by molar-refractivity contribution is -0.147. The molecule has 0 bridgehead atoms. The SMILES string of the molecule is CCCCN(C(=O)CNC(=O)C(C(C)C)N(C)C)C(C(C)CC)C(CC(=O)N1CCCC1C(OC)C(C)C(=O)NC(Cc1ccccc1)C(=O)NOCc1ccc(NC(=O)C(C)NC(=O)CCOCCOCCC(=O)N2CCC(C(=O)O)CC2)cc1)OC. The molecule has 2 fully saturated rings. The van der Waals surface area contributed by atoms with Gasteiger partial charge in [-0.05, 0) is 88.2 Å². The van der Waals surface area contributed by atoms with E-state index in [1.165, 1.54) is 7.11 Å². The minimum atomic E-state index is -1.07. The first-order valence-electron chi connectivity index (χ1n) is 31.2. The molecule has 24 nitrogen and oxygen atoms in total. The molecule has 0 aliphatic carbocycles. The van der Waals surface area contributed by atoms with Crippen LogP contribution in [0.25, 0.3) is 0 Å². The number of hydrogen-bond donors (Lipinski definition) is 6. The smallest absolute Gasteiger partial charge is 0.306 e. The van der Waals surface area contributed by atoms with Crippen molar-refractivity contribution in [3.8, 4) is 0 Å². The number of nitrogens with one attached hydrogen (secondary N) is 5. The summed E-state index contributed by atoms with van der Waals surface area (Å²) in [7, 11) is 6.72. The number of unbranched alkanes of at least 4 members (excludes halogenated alkanes) is 1. The fraction of sp³-hybridized carbons (Fsp3) is 0.672. The number of carboxylic acid groups (broad SMARTS) is 1. The van der Waals surface area contributed by atoms with Crippen LogP contribution in [0.1, 0.15) is 124 Å². The molecule has 6 N–H and O–H groups in total. The van der Waals surface area contributed by atoms with Crippen molar-refractivity contribution in [1.29, 1.82) is 0 Å². The van der Waals surface area contributed by atoms with Crippen LogP contribution < -0.4 is 26.7 Å². The Morgan fingerprint density at radius 1 is 0.727 bits per heavy atom. The summed E-state index contributed by atoms with van der Waals surface area (Å²) in [6.07, 6.45) is 3.23. The lowest BCUT2D eigenvalue weighted by Gasteiger charge is -2.41. The minimum absolute atomic E-state index is 0.00853. The molecular weight excluding hydrogens is 1130 g/mol. The van der Waals surface area contributed by atoms with Gasteiger partial charge in [-0.15, -0.1) is 0 Å². The Morgan fingerprint density at radius 2 is 1.39 bits per heavy atom. The molecule has 4 rings (SSSR count). The number of hydroxylamine groups is 1. The molecule has 2 heterocycles. The van der Waals surface area contributed by atoms with E-state index in [2.05, 4.69) is 26.7 Å². The van der Waals surface area contributed by atoms with E-state index < -0.39 is 77.9 Å². The van der Waals surface area contributed by atoms with Gasteiger partial charge in [0.1, 0.15) is 12.1 Å². The van der Waals surface area contributed by atoms with Crippen LogP contribution in [-0.4, -0.2) is 208 Å². The number of rotatable bonds is 39. The largest absolute Gasteiger partial charge is 0.481 e. The number of likely N-dealkylation sites (N-methyl/N-ethyl adjacent to an activating group) is 1. The molecule has 9 unspecified atom stereocenters. The molecule has 24 heteroatoms. The van der Waals surface area contributed by atoms with Crippen molar-refractivity contribution in [2.45, 2.75) is 168 Å². The van der Waals surface area contributed by atoms with Gasteiger partial charge in [-0.3, -0.25) is 52.9 Å². The van der Waals surface area contributed by atoms with Crippen LogP contribution in [-0.2, 0) is 80.0 Å². The summed E-state index contributed by atoms with van der Waals surface area (Å²) in [5.41, 5.74) is 4.39. The van der Waals surface area contributed by atoms with E-state index in [1.807, 2.05) is 83.9 Å². The van der Waals surface area contributed by atoms with E-state index in [0.717, 1.165) is 18.4 Å². The van der Waals surface area contributed by atoms with Gasteiger partial charge < -0.3 is 60.0 Å². The Hall–Kier alpha value is -6.57. The predicted octanol–water partition coefficient (Wildman–Crippen LogP) is 4.33. The number of ether oxygens (including phenoxy) is 4. The number of piperidine rings is 1. The lowest BCUT2D eigenvalue weighted by Crippen LogP contribution is -2.57. The van der Waals surface area contributed by atoms with Crippen molar-refractivity contribution in [3.63, 3.8) is 0 Å². The van der Waals surface area contributed by atoms with Gasteiger partial charge in [-0.25, -0.2) is 5.48 Å². The summed E-state index contributed by atoms with van der Waals surface area (Å²) in [5.74, 6) is -4.78. The Labute approximate surface area is 520 Å². The first-order chi connectivity index (χ1) is 42.0.